The molecule has 7 nitrogen and oxygen atoms in total. The number of aromatic nitrogens is 2. The zero-order chi connectivity index (χ0) is 26.4. The van der Waals surface area contributed by atoms with Crippen LogP contribution in [0.2, 0.25) is 0 Å². The number of carbonyl (C=O) groups is 1. The topological polar surface area (TPSA) is 77.7 Å². The van der Waals surface area contributed by atoms with E-state index in [9.17, 15) is 18.0 Å². The van der Waals surface area contributed by atoms with Crippen molar-refractivity contribution in [2.75, 3.05) is 12.0 Å². The Kier molecular flexibility index (Phi) is 6.37. The van der Waals surface area contributed by atoms with Crippen LogP contribution in [0.15, 0.2) is 47.1 Å². The highest BCUT2D eigenvalue weighted by Crippen LogP contribution is 2.46. The molecule has 1 aromatic carbocycles. The van der Waals surface area contributed by atoms with E-state index < -0.39 is 17.7 Å². The SMILES string of the molecule is COC(=O)c1ccc(N2C3CCC2CC(OCc2c(-c4ccccc4C(F)(F)F)noc2C2CC2)C3)nc1. The average Bonchev–Trinajstić information content (AvgIpc) is 3.62. The summed E-state index contributed by atoms with van der Waals surface area (Å²) >= 11 is 0. The van der Waals surface area contributed by atoms with E-state index in [1.54, 1.807) is 12.1 Å². The summed E-state index contributed by atoms with van der Waals surface area (Å²) in [5, 5.41) is 4.10. The lowest BCUT2D eigenvalue weighted by atomic mass is 9.98. The van der Waals surface area contributed by atoms with Crippen molar-refractivity contribution < 1.29 is 32.0 Å². The zero-order valence-electron chi connectivity index (χ0n) is 20.9. The van der Waals surface area contributed by atoms with Crippen molar-refractivity contribution >= 4 is 11.8 Å². The Labute approximate surface area is 217 Å². The molecule has 3 aromatic rings. The van der Waals surface area contributed by atoms with Gasteiger partial charge in [-0.25, -0.2) is 9.78 Å². The molecule has 10 heteroatoms. The molecule has 0 amide bonds. The molecule has 2 saturated heterocycles. The van der Waals surface area contributed by atoms with E-state index in [1.165, 1.54) is 25.4 Å². The van der Waals surface area contributed by atoms with Crippen molar-refractivity contribution in [3.63, 3.8) is 0 Å². The minimum Gasteiger partial charge on any atom is -0.465 e. The number of hydrogen-bond donors (Lipinski definition) is 0. The van der Waals surface area contributed by atoms with Gasteiger partial charge in [-0.3, -0.25) is 0 Å². The first-order chi connectivity index (χ1) is 18.3. The summed E-state index contributed by atoms with van der Waals surface area (Å²) in [6.07, 6.45) is 2.47. The van der Waals surface area contributed by atoms with Crippen molar-refractivity contribution in [1.29, 1.82) is 0 Å². The number of nitrogens with zero attached hydrogens (tertiary/aromatic N) is 3. The monoisotopic (exact) mass is 527 g/mol. The van der Waals surface area contributed by atoms with Gasteiger partial charge < -0.3 is 18.9 Å². The number of fused-ring (bicyclic) bond motifs is 2. The predicted molar refractivity (Wildman–Crippen MR) is 132 cm³/mol. The van der Waals surface area contributed by atoms with Crippen LogP contribution >= 0.6 is 0 Å². The fourth-order valence-electron chi connectivity index (χ4n) is 5.89. The van der Waals surface area contributed by atoms with Crippen molar-refractivity contribution in [1.82, 2.24) is 10.1 Å². The maximum Gasteiger partial charge on any atom is 0.417 e. The Morgan fingerprint density at radius 3 is 2.45 bits per heavy atom. The van der Waals surface area contributed by atoms with E-state index in [1.807, 2.05) is 6.07 Å². The van der Waals surface area contributed by atoms with Crippen LogP contribution in [-0.2, 0) is 22.3 Å². The Balaban J connectivity index is 1.19. The number of ether oxygens (including phenoxy) is 2. The van der Waals surface area contributed by atoms with Gasteiger partial charge in [0.15, 0.2) is 0 Å². The number of anilines is 1. The number of benzene rings is 1. The summed E-state index contributed by atoms with van der Waals surface area (Å²) in [5.41, 5.74) is 0.540. The van der Waals surface area contributed by atoms with Gasteiger partial charge in [0.05, 0.1) is 30.9 Å². The summed E-state index contributed by atoms with van der Waals surface area (Å²) in [5.74, 6) is 1.23. The molecule has 1 saturated carbocycles. The Morgan fingerprint density at radius 2 is 1.82 bits per heavy atom. The highest BCUT2D eigenvalue weighted by molar-refractivity contribution is 5.89. The molecule has 2 aromatic heterocycles. The molecule has 6 rings (SSSR count). The lowest BCUT2D eigenvalue weighted by Crippen LogP contribution is -2.46. The third-order valence-corrected chi connectivity index (χ3v) is 7.84. The van der Waals surface area contributed by atoms with Gasteiger partial charge in [-0.2, -0.15) is 13.2 Å². The van der Waals surface area contributed by atoms with Gasteiger partial charge in [-0.05, 0) is 56.7 Å². The average molecular weight is 528 g/mol. The van der Waals surface area contributed by atoms with Crippen molar-refractivity contribution in [3.8, 4) is 11.3 Å². The maximum absolute atomic E-state index is 13.7. The summed E-state index contributed by atoms with van der Waals surface area (Å²) in [6, 6.07) is 9.54. The van der Waals surface area contributed by atoms with Crippen molar-refractivity contribution in [2.45, 2.75) is 75.4 Å². The Morgan fingerprint density at radius 1 is 1.08 bits per heavy atom. The summed E-state index contributed by atoms with van der Waals surface area (Å²) < 4.78 is 58.0. The predicted octanol–water partition coefficient (Wildman–Crippen LogP) is 6.14. The molecule has 200 valence electrons. The van der Waals surface area contributed by atoms with Crippen LogP contribution in [0.25, 0.3) is 11.3 Å². The van der Waals surface area contributed by atoms with Crippen LogP contribution < -0.4 is 4.90 Å². The standard InChI is InChI=1S/C28H28F3N3O4/c1-36-27(35)17-8-11-24(32-14-17)34-18-9-10-19(34)13-20(12-18)37-15-22-25(33-38-26(22)16-6-7-16)21-4-2-3-5-23(21)28(29,30)31/h2-5,8,11,14,16,18-20H,6-7,9-10,12-13,15H2,1H3. The third kappa shape index (κ3) is 4.66. The second-order valence-corrected chi connectivity index (χ2v) is 10.3. The minimum absolute atomic E-state index is 0.0191. The number of methoxy groups -OCH3 is 1. The van der Waals surface area contributed by atoms with Crippen LogP contribution in [0.4, 0.5) is 19.0 Å². The lowest BCUT2D eigenvalue weighted by molar-refractivity contribution is -0.137. The van der Waals surface area contributed by atoms with Gasteiger partial charge in [-0.1, -0.05) is 23.4 Å². The van der Waals surface area contributed by atoms with Crippen LogP contribution in [-0.4, -0.2) is 41.4 Å². The minimum atomic E-state index is -4.50. The van der Waals surface area contributed by atoms with Gasteiger partial charge in [0, 0.05) is 35.3 Å². The van der Waals surface area contributed by atoms with E-state index in [0.717, 1.165) is 50.4 Å². The molecule has 2 bridgehead atoms. The second-order valence-electron chi connectivity index (χ2n) is 10.3. The van der Waals surface area contributed by atoms with Gasteiger partial charge in [0.2, 0.25) is 0 Å². The third-order valence-electron chi connectivity index (χ3n) is 7.84. The number of pyridine rings is 1. The summed E-state index contributed by atoms with van der Waals surface area (Å²) in [4.78, 5) is 18.6. The van der Waals surface area contributed by atoms with Crippen LogP contribution in [0.3, 0.4) is 0 Å². The molecule has 4 heterocycles. The van der Waals surface area contributed by atoms with Gasteiger partial charge >= 0.3 is 12.1 Å². The lowest BCUT2D eigenvalue weighted by Gasteiger charge is -2.39. The summed E-state index contributed by atoms with van der Waals surface area (Å²) in [6.45, 7) is 0.160. The van der Waals surface area contributed by atoms with Gasteiger partial charge in [-0.15, -0.1) is 0 Å². The number of alkyl halides is 3. The number of rotatable bonds is 7. The number of piperidine rings is 1. The molecule has 2 unspecified atom stereocenters. The first-order valence-electron chi connectivity index (χ1n) is 12.9. The number of hydrogen-bond acceptors (Lipinski definition) is 7. The molecule has 0 radical (unpaired) electrons. The molecule has 38 heavy (non-hydrogen) atoms. The molecular formula is C28H28F3N3O4. The van der Waals surface area contributed by atoms with Crippen LogP contribution in [0, 0.1) is 0 Å². The Bertz CT molecular complexity index is 1310. The van der Waals surface area contributed by atoms with Crippen molar-refractivity contribution in [3.05, 3.63) is 65.0 Å². The molecule has 0 spiro atoms. The number of carbonyl (C=O) groups excluding carboxylic acids is 1. The fourth-order valence-corrected chi connectivity index (χ4v) is 5.89. The quantitative estimate of drug-likeness (QED) is 0.342. The normalized spacial score (nSPS) is 23.1. The van der Waals surface area contributed by atoms with Gasteiger partial charge in [0.1, 0.15) is 17.3 Å². The van der Waals surface area contributed by atoms with E-state index >= 15 is 0 Å². The van der Waals surface area contributed by atoms with E-state index in [4.69, 9.17) is 14.0 Å². The molecule has 1 aliphatic carbocycles. The largest absolute Gasteiger partial charge is 0.465 e. The van der Waals surface area contributed by atoms with Crippen molar-refractivity contribution in [2.24, 2.45) is 0 Å². The van der Waals surface area contributed by atoms with E-state index in [0.29, 0.717) is 16.9 Å². The molecule has 0 N–H and O–H groups in total. The van der Waals surface area contributed by atoms with E-state index in [-0.39, 0.29) is 42.0 Å². The van der Waals surface area contributed by atoms with Crippen LogP contribution in [0.5, 0.6) is 0 Å². The second kappa shape index (κ2) is 9.72. The zero-order valence-corrected chi connectivity index (χ0v) is 20.9. The molecule has 3 aliphatic rings. The maximum atomic E-state index is 13.7. The number of halogens is 3. The molecule has 2 atom stereocenters. The first kappa shape index (κ1) is 24.9. The molecule has 2 aliphatic heterocycles. The Hall–Kier alpha value is -3.40. The fraction of sp³-hybridized carbons (Fsp3) is 0.464. The number of esters is 1. The van der Waals surface area contributed by atoms with Gasteiger partial charge in [0.25, 0.3) is 0 Å². The van der Waals surface area contributed by atoms with E-state index in [2.05, 4.69) is 15.0 Å². The highest BCUT2D eigenvalue weighted by Gasteiger charge is 2.43. The summed E-state index contributed by atoms with van der Waals surface area (Å²) in [7, 11) is 1.34. The smallest absolute Gasteiger partial charge is 0.417 e. The first-order valence-corrected chi connectivity index (χ1v) is 12.9. The molecule has 3 fully saturated rings. The molecular weight excluding hydrogens is 499 g/mol. The van der Waals surface area contributed by atoms with Crippen LogP contribution in [0.1, 0.15) is 71.7 Å². The highest BCUT2D eigenvalue weighted by atomic mass is 19.4.